The Kier molecular flexibility index (Phi) is 4.07. The van der Waals surface area contributed by atoms with Crippen LogP contribution in [0.5, 0.6) is 5.75 Å². The molecule has 1 aromatic rings. The maximum absolute atomic E-state index is 10.8. The number of aryl methyl sites for hydroxylation is 1. The van der Waals surface area contributed by atoms with Crippen LogP contribution in [-0.2, 0) is 0 Å². The van der Waals surface area contributed by atoms with E-state index in [0.717, 1.165) is 12.0 Å². The summed E-state index contributed by atoms with van der Waals surface area (Å²) in [6, 6.07) is 4.79. The highest BCUT2D eigenvalue weighted by Gasteiger charge is 2.20. The van der Waals surface area contributed by atoms with Crippen LogP contribution in [0.3, 0.4) is 0 Å². The lowest BCUT2D eigenvalue weighted by Gasteiger charge is -2.22. The summed E-state index contributed by atoms with van der Waals surface area (Å²) in [7, 11) is 0. The van der Waals surface area contributed by atoms with E-state index in [1.54, 1.807) is 12.1 Å². The van der Waals surface area contributed by atoms with E-state index in [4.69, 9.17) is 10.5 Å². The van der Waals surface area contributed by atoms with Crippen LogP contribution in [0.1, 0.15) is 25.8 Å². The molecule has 1 atom stereocenters. The van der Waals surface area contributed by atoms with Crippen LogP contribution in [-0.4, -0.2) is 17.1 Å². The molecule has 0 bridgehead atoms. The molecule has 1 rings (SSSR count). The van der Waals surface area contributed by atoms with Gasteiger partial charge in [0.15, 0.2) is 5.75 Å². The van der Waals surface area contributed by atoms with Crippen LogP contribution < -0.4 is 10.5 Å². The first-order chi connectivity index (χ1) is 7.85. The number of hydrogen-bond acceptors (Lipinski definition) is 4. The molecule has 0 aromatic heterocycles. The maximum atomic E-state index is 10.8. The number of nitro benzene ring substituents is 1. The molecule has 17 heavy (non-hydrogen) atoms. The van der Waals surface area contributed by atoms with Gasteiger partial charge in [-0.3, -0.25) is 10.1 Å². The second-order valence-electron chi connectivity index (χ2n) is 4.52. The van der Waals surface area contributed by atoms with E-state index in [0.29, 0.717) is 0 Å². The van der Waals surface area contributed by atoms with Gasteiger partial charge in [-0.05, 0) is 31.9 Å². The summed E-state index contributed by atoms with van der Waals surface area (Å²) in [5, 5.41) is 10.8. The predicted octanol–water partition coefficient (Wildman–Crippen LogP) is 2.41. The van der Waals surface area contributed by atoms with E-state index in [-0.39, 0.29) is 18.0 Å². The normalized spacial score (nSPS) is 14.1. The topological polar surface area (TPSA) is 78.4 Å². The molecule has 5 nitrogen and oxygen atoms in total. The van der Waals surface area contributed by atoms with E-state index < -0.39 is 10.5 Å². The molecule has 94 valence electrons. The molecule has 1 aromatic carbocycles. The van der Waals surface area contributed by atoms with Gasteiger partial charge in [0.25, 0.3) is 0 Å². The summed E-state index contributed by atoms with van der Waals surface area (Å²) in [5.41, 5.74) is 6.35. The molecule has 0 aliphatic rings. The zero-order chi connectivity index (χ0) is 13.1. The monoisotopic (exact) mass is 238 g/mol. The second kappa shape index (κ2) is 5.14. The summed E-state index contributed by atoms with van der Waals surface area (Å²) in [4.78, 5) is 10.4. The van der Waals surface area contributed by atoms with Gasteiger partial charge >= 0.3 is 5.69 Å². The van der Waals surface area contributed by atoms with Crippen LogP contribution >= 0.6 is 0 Å². The zero-order valence-electron chi connectivity index (χ0n) is 10.4. The van der Waals surface area contributed by atoms with Crippen molar-refractivity contribution in [2.45, 2.75) is 32.7 Å². The van der Waals surface area contributed by atoms with E-state index in [2.05, 4.69) is 0 Å². The number of nitrogens with zero attached hydrogens (tertiary/aromatic N) is 1. The Labute approximate surface area is 101 Å². The van der Waals surface area contributed by atoms with Crippen molar-refractivity contribution < 1.29 is 9.66 Å². The molecule has 0 saturated carbocycles. The Morgan fingerprint density at radius 3 is 2.71 bits per heavy atom. The molecular weight excluding hydrogens is 220 g/mol. The first-order valence-electron chi connectivity index (χ1n) is 5.52. The fourth-order valence-corrected chi connectivity index (χ4v) is 1.23. The minimum atomic E-state index is -0.475. The molecule has 1 unspecified atom stereocenters. The Balaban J connectivity index is 2.89. The van der Waals surface area contributed by atoms with Crippen molar-refractivity contribution in [1.82, 2.24) is 0 Å². The van der Waals surface area contributed by atoms with Crippen molar-refractivity contribution in [3.63, 3.8) is 0 Å². The average molecular weight is 238 g/mol. The lowest BCUT2D eigenvalue weighted by atomic mass is 10.0. The molecule has 2 N–H and O–H groups in total. The standard InChI is InChI=1S/C12H18N2O3/c1-4-12(3,13)8-17-11-7-9(2)5-6-10(11)14(15)16/h5-7H,4,8,13H2,1-3H3. The van der Waals surface area contributed by atoms with Crippen molar-refractivity contribution in [2.75, 3.05) is 6.61 Å². The van der Waals surface area contributed by atoms with Gasteiger partial charge in [-0.2, -0.15) is 0 Å². The van der Waals surface area contributed by atoms with Crippen molar-refractivity contribution in [1.29, 1.82) is 0 Å². The van der Waals surface area contributed by atoms with Crippen molar-refractivity contribution >= 4 is 5.69 Å². The first kappa shape index (κ1) is 13.4. The van der Waals surface area contributed by atoms with E-state index >= 15 is 0 Å². The molecule has 0 amide bonds. The molecule has 5 heteroatoms. The Morgan fingerprint density at radius 2 is 2.18 bits per heavy atom. The summed E-state index contributed by atoms with van der Waals surface area (Å²) in [6.45, 7) is 5.93. The van der Waals surface area contributed by atoms with Crippen LogP contribution in [0.15, 0.2) is 18.2 Å². The molecule has 0 aliphatic heterocycles. The largest absolute Gasteiger partial charge is 0.485 e. The first-order valence-corrected chi connectivity index (χ1v) is 5.52. The summed E-state index contributed by atoms with van der Waals surface area (Å²) in [5.74, 6) is 0.278. The maximum Gasteiger partial charge on any atom is 0.310 e. The van der Waals surface area contributed by atoms with Gasteiger partial charge in [-0.1, -0.05) is 13.0 Å². The van der Waals surface area contributed by atoms with E-state index in [9.17, 15) is 10.1 Å². The second-order valence-corrected chi connectivity index (χ2v) is 4.52. The quantitative estimate of drug-likeness (QED) is 0.631. The third kappa shape index (κ3) is 3.71. The lowest BCUT2D eigenvalue weighted by molar-refractivity contribution is -0.385. The third-order valence-corrected chi connectivity index (χ3v) is 2.68. The number of nitrogens with two attached hydrogens (primary N) is 1. The minimum absolute atomic E-state index is 0.0255. The van der Waals surface area contributed by atoms with Gasteiger partial charge in [-0.15, -0.1) is 0 Å². The van der Waals surface area contributed by atoms with Gasteiger partial charge in [0.2, 0.25) is 0 Å². The van der Waals surface area contributed by atoms with Gasteiger partial charge in [0, 0.05) is 11.6 Å². The lowest BCUT2D eigenvalue weighted by Crippen LogP contribution is -2.41. The number of nitro groups is 1. The van der Waals surface area contributed by atoms with Crippen LogP contribution in [0.2, 0.25) is 0 Å². The average Bonchev–Trinajstić information content (AvgIpc) is 2.26. The number of ether oxygens (including phenoxy) is 1. The fourth-order valence-electron chi connectivity index (χ4n) is 1.23. The number of hydrogen-bond donors (Lipinski definition) is 1. The van der Waals surface area contributed by atoms with Crippen molar-refractivity contribution in [2.24, 2.45) is 5.73 Å². The summed E-state index contributed by atoms with van der Waals surface area (Å²) < 4.78 is 5.47. The molecular formula is C12H18N2O3. The van der Waals surface area contributed by atoms with Crippen LogP contribution in [0.25, 0.3) is 0 Å². The van der Waals surface area contributed by atoms with Crippen molar-refractivity contribution in [3.05, 3.63) is 33.9 Å². The van der Waals surface area contributed by atoms with Crippen LogP contribution in [0, 0.1) is 17.0 Å². The van der Waals surface area contributed by atoms with Gasteiger partial charge in [-0.25, -0.2) is 0 Å². The Bertz CT molecular complexity index is 416. The highest BCUT2D eigenvalue weighted by molar-refractivity contribution is 5.48. The highest BCUT2D eigenvalue weighted by atomic mass is 16.6. The molecule has 0 saturated heterocycles. The summed E-state index contributed by atoms with van der Waals surface area (Å²) >= 11 is 0. The molecule has 0 fully saturated rings. The fraction of sp³-hybridized carbons (Fsp3) is 0.500. The molecule has 0 aliphatic carbocycles. The zero-order valence-corrected chi connectivity index (χ0v) is 10.4. The Hall–Kier alpha value is -1.62. The molecule has 0 spiro atoms. The van der Waals surface area contributed by atoms with Gasteiger partial charge in [0.05, 0.1) is 4.92 Å². The minimum Gasteiger partial charge on any atom is -0.485 e. The smallest absolute Gasteiger partial charge is 0.310 e. The third-order valence-electron chi connectivity index (χ3n) is 2.68. The van der Waals surface area contributed by atoms with E-state index in [1.165, 1.54) is 6.07 Å². The number of benzene rings is 1. The molecule has 0 radical (unpaired) electrons. The van der Waals surface area contributed by atoms with Crippen LogP contribution in [0.4, 0.5) is 5.69 Å². The van der Waals surface area contributed by atoms with Crippen molar-refractivity contribution in [3.8, 4) is 5.75 Å². The predicted molar refractivity (Wildman–Crippen MR) is 66.2 cm³/mol. The van der Waals surface area contributed by atoms with E-state index in [1.807, 2.05) is 20.8 Å². The SMILES string of the molecule is CCC(C)(N)COc1cc(C)ccc1[N+](=O)[O-]. The van der Waals surface area contributed by atoms with Gasteiger partial charge in [0.1, 0.15) is 6.61 Å². The number of rotatable bonds is 5. The van der Waals surface area contributed by atoms with Gasteiger partial charge < -0.3 is 10.5 Å². The highest BCUT2D eigenvalue weighted by Crippen LogP contribution is 2.28. The molecule has 0 heterocycles. The Morgan fingerprint density at radius 1 is 1.53 bits per heavy atom. The summed E-state index contributed by atoms with van der Waals surface area (Å²) in [6.07, 6.45) is 0.743.